The number of anilines is 1. The van der Waals surface area contributed by atoms with E-state index in [0.29, 0.717) is 5.82 Å². The molecule has 1 heterocycles. The van der Waals surface area contributed by atoms with E-state index in [1.807, 2.05) is 13.0 Å². The maximum absolute atomic E-state index is 10.7. The fourth-order valence-electron chi connectivity index (χ4n) is 0.957. The van der Waals surface area contributed by atoms with Crippen LogP contribution in [0.25, 0.3) is 0 Å². The number of rotatable bonds is 4. The van der Waals surface area contributed by atoms with Crippen molar-refractivity contribution in [3.63, 3.8) is 0 Å². The van der Waals surface area contributed by atoms with Gasteiger partial charge in [0.2, 0.25) is 10.0 Å². The van der Waals surface area contributed by atoms with E-state index >= 15 is 0 Å². The van der Waals surface area contributed by atoms with Gasteiger partial charge in [-0.05, 0) is 34.5 Å². The number of hydrogen-bond donors (Lipinski definition) is 2. The Kier molecular flexibility index (Phi) is 4.06. The molecule has 1 rings (SSSR count). The smallest absolute Gasteiger partial charge is 0.210 e. The number of pyridine rings is 1. The van der Waals surface area contributed by atoms with Crippen molar-refractivity contribution in [1.29, 1.82) is 0 Å². The van der Waals surface area contributed by atoms with Crippen LogP contribution in [-0.2, 0) is 10.0 Å². The first kappa shape index (κ1) is 12.4. The normalized spacial score (nSPS) is 11.4. The van der Waals surface area contributed by atoms with Crippen LogP contribution >= 0.6 is 15.9 Å². The lowest BCUT2D eigenvalue weighted by Crippen LogP contribution is -2.22. The summed E-state index contributed by atoms with van der Waals surface area (Å²) in [4.78, 5) is 4.07. The number of nitrogens with two attached hydrogens (primary N) is 1. The van der Waals surface area contributed by atoms with E-state index in [2.05, 4.69) is 26.2 Å². The van der Waals surface area contributed by atoms with Gasteiger partial charge in [0.15, 0.2) is 0 Å². The molecular weight excluding hydrogens is 282 g/mol. The molecule has 5 nitrogen and oxygen atoms in total. The van der Waals surface area contributed by atoms with Crippen LogP contribution in [-0.4, -0.2) is 25.7 Å². The summed E-state index contributed by atoms with van der Waals surface area (Å²) in [5.74, 6) is 0.531. The van der Waals surface area contributed by atoms with Crippen molar-refractivity contribution in [2.45, 2.75) is 6.92 Å². The molecule has 1 aromatic rings. The van der Waals surface area contributed by atoms with Gasteiger partial charge in [-0.2, -0.15) is 0 Å². The van der Waals surface area contributed by atoms with Gasteiger partial charge in [-0.25, -0.2) is 18.5 Å². The largest absolute Gasteiger partial charge is 0.369 e. The third-order valence-corrected chi connectivity index (χ3v) is 3.34. The molecule has 0 fully saturated rings. The molecule has 0 aliphatic rings. The van der Waals surface area contributed by atoms with Crippen LogP contribution in [0.2, 0.25) is 0 Å². The molecular formula is C8H12BrN3O2S. The fraction of sp³-hybridized carbons (Fsp3) is 0.375. The Morgan fingerprint density at radius 2 is 2.27 bits per heavy atom. The van der Waals surface area contributed by atoms with Crippen molar-refractivity contribution >= 4 is 31.8 Å². The van der Waals surface area contributed by atoms with Gasteiger partial charge in [0, 0.05) is 17.2 Å². The van der Waals surface area contributed by atoms with Crippen LogP contribution < -0.4 is 10.5 Å². The van der Waals surface area contributed by atoms with E-state index in [-0.39, 0.29) is 12.3 Å². The second kappa shape index (κ2) is 4.91. The first-order valence-electron chi connectivity index (χ1n) is 4.25. The van der Waals surface area contributed by atoms with E-state index in [1.165, 1.54) is 0 Å². The van der Waals surface area contributed by atoms with Crippen LogP contribution in [0.15, 0.2) is 16.7 Å². The van der Waals surface area contributed by atoms with Gasteiger partial charge in [0.1, 0.15) is 5.82 Å². The molecule has 0 spiro atoms. The predicted molar refractivity (Wildman–Crippen MR) is 63.1 cm³/mol. The summed E-state index contributed by atoms with van der Waals surface area (Å²) in [5, 5.41) is 7.74. The highest BCUT2D eigenvalue weighted by molar-refractivity contribution is 9.10. The maximum atomic E-state index is 10.7. The Hall–Kier alpha value is -0.660. The van der Waals surface area contributed by atoms with Gasteiger partial charge < -0.3 is 5.32 Å². The number of primary sulfonamides is 1. The van der Waals surface area contributed by atoms with Crippen LogP contribution in [0.4, 0.5) is 5.82 Å². The third-order valence-electron chi connectivity index (χ3n) is 1.74. The minimum atomic E-state index is -3.41. The summed E-state index contributed by atoms with van der Waals surface area (Å²) in [7, 11) is -3.41. The van der Waals surface area contributed by atoms with Crippen molar-refractivity contribution in [2.24, 2.45) is 5.14 Å². The van der Waals surface area contributed by atoms with Gasteiger partial charge in [-0.15, -0.1) is 0 Å². The fourth-order valence-corrected chi connectivity index (χ4v) is 1.56. The lowest BCUT2D eigenvalue weighted by molar-refractivity contribution is 0.598. The molecule has 0 radical (unpaired) electrons. The summed E-state index contributed by atoms with van der Waals surface area (Å²) in [6.07, 6.45) is 1.66. The summed E-state index contributed by atoms with van der Waals surface area (Å²) >= 11 is 3.32. The number of hydrogen-bond acceptors (Lipinski definition) is 4. The summed E-state index contributed by atoms with van der Waals surface area (Å²) < 4.78 is 22.2. The molecule has 0 saturated heterocycles. The second-order valence-electron chi connectivity index (χ2n) is 3.11. The number of aromatic nitrogens is 1. The quantitative estimate of drug-likeness (QED) is 0.862. The molecule has 0 atom stereocenters. The topological polar surface area (TPSA) is 85.1 Å². The molecule has 15 heavy (non-hydrogen) atoms. The minimum absolute atomic E-state index is 0.107. The molecule has 0 bridgehead atoms. The van der Waals surface area contributed by atoms with Crippen LogP contribution in [0.5, 0.6) is 0 Å². The first-order valence-corrected chi connectivity index (χ1v) is 6.76. The number of halogens is 1. The lowest BCUT2D eigenvalue weighted by Gasteiger charge is -2.05. The molecule has 0 aliphatic heterocycles. The van der Waals surface area contributed by atoms with Crippen LogP contribution in [0, 0.1) is 6.92 Å². The van der Waals surface area contributed by atoms with Crippen molar-refractivity contribution < 1.29 is 8.42 Å². The number of sulfonamides is 1. The van der Waals surface area contributed by atoms with E-state index < -0.39 is 10.0 Å². The van der Waals surface area contributed by atoms with Gasteiger partial charge in [-0.1, -0.05) is 0 Å². The second-order valence-corrected chi connectivity index (χ2v) is 5.70. The van der Waals surface area contributed by atoms with Gasteiger partial charge in [0.25, 0.3) is 0 Å². The van der Waals surface area contributed by atoms with Crippen molar-refractivity contribution in [3.05, 3.63) is 22.3 Å². The van der Waals surface area contributed by atoms with Gasteiger partial charge >= 0.3 is 0 Å². The lowest BCUT2D eigenvalue weighted by atomic mass is 10.3. The predicted octanol–water partition coefficient (Wildman–Crippen LogP) is 0.853. The zero-order chi connectivity index (χ0) is 11.5. The van der Waals surface area contributed by atoms with Crippen molar-refractivity contribution in [2.75, 3.05) is 17.6 Å². The van der Waals surface area contributed by atoms with Crippen LogP contribution in [0.1, 0.15) is 5.56 Å². The zero-order valence-corrected chi connectivity index (χ0v) is 10.6. The number of nitrogens with zero attached hydrogens (tertiary/aromatic N) is 1. The summed E-state index contributed by atoms with van der Waals surface area (Å²) in [6, 6.07) is 1.83. The van der Waals surface area contributed by atoms with Gasteiger partial charge in [0.05, 0.1) is 5.75 Å². The Balaban J connectivity index is 2.55. The molecule has 1 aromatic heterocycles. The Labute approximate surface area is 97.3 Å². The number of aryl methyl sites for hydroxylation is 1. The molecule has 0 amide bonds. The first-order chi connectivity index (χ1) is 6.88. The standard InChI is InChI=1S/C8H12BrN3O2S/c1-6-4-8(12-5-7(6)9)11-2-3-15(10,13)14/h4-5H,2-3H2,1H3,(H,11,12)(H2,10,13,14). The SMILES string of the molecule is Cc1cc(NCCS(N)(=O)=O)ncc1Br. The maximum Gasteiger partial charge on any atom is 0.210 e. The molecule has 0 saturated carbocycles. The van der Waals surface area contributed by atoms with Crippen molar-refractivity contribution in [3.8, 4) is 0 Å². The van der Waals surface area contributed by atoms with E-state index in [1.54, 1.807) is 6.20 Å². The van der Waals surface area contributed by atoms with E-state index in [4.69, 9.17) is 5.14 Å². The van der Waals surface area contributed by atoms with Crippen molar-refractivity contribution in [1.82, 2.24) is 4.98 Å². The molecule has 7 heteroatoms. The number of nitrogens with one attached hydrogen (secondary N) is 1. The molecule has 0 unspecified atom stereocenters. The Morgan fingerprint density at radius 1 is 1.60 bits per heavy atom. The van der Waals surface area contributed by atoms with E-state index in [9.17, 15) is 8.42 Å². The highest BCUT2D eigenvalue weighted by atomic mass is 79.9. The summed E-state index contributed by atoms with van der Waals surface area (Å²) in [5.41, 5.74) is 1.03. The monoisotopic (exact) mass is 293 g/mol. The minimum Gasteiger partial charge on any atom is -0.369 e. The zero-order valence-electron chi connectivity index (χ0n) is 8.20. The van der Waals surface area contributed by atoms with Gasteiger partial charge in [-0.3, -0.25) is 0 Å². The highest BCUT2D eigenvalue weighted by Gasteiger charge is 2.03. The molecule has 0 aliphatic carbocycles. The summed E-state index contributed by atoms with van der Waals surface area (Å²) in [6.45, 7) is 2.18. The Morgan fingerprint density at radius 3 is 2.80 bits per heavy atom. The average Bonchev–Trinajstić information content (AvgIpc) is 2.09. The molecule has 0 aromatic carbocycles. The molecule has 84 valence electrons. The van der Waals surface area contributed by atoms with E-state index in [0.717, 1.165) is 10.0 Å². The average molecular weight is 294 g/mol. The third kappa shape index (κ3) is 4.59. The highest BCUT2D eigenvalue weighted by Crippen LogP contribution is 2.16. The Bertz CT molecular complexity index is 447. The molecule has 3 N–H and O–H groups in total. The van der Waals surface area contributed by atoms with Crippen LogP contribution in [0.3, 0.4) is 0 Å².